The Kier molecular flexibility index (Phi) is 9.42. The number of rotatable bonds is 11. The van der Waals surface area contributed by atoms with E-state index in [1.54, 1.807) is 19.1 Å². The third kappa shape index (κ3) is 7.15. The van der Waals surface area contributed by atoms with Crippen LogP contribution in [0.1, 0.15) is 43.7 Å². The van der Waals surface area contributed by atoms with E-state index in [1.165, 1.54) is 25.2 Å². The quantitative estimate of drug-likeness (QED) is 0.477. The second kappa shape index (κ2) is 12.3. The van der Waals surface area contributed by atoms with Crippen molar-refractivity contribution in [3.63, 3.8) is 0 Å². The minimum atomic E-state index is -3.90. The highest BCUT2D eigenvalue weighted by Gasteiger charge is 2.32. The van der Waals surface area contributed by atoms with Gasteiger partial charge in [0, 0.05) is 18.7 Å². The van der Waals surface area contributed by atoms with E-state index >= 15 is 0 Å². The molecule has 1 N–H and O–H groups in total. The summed E-state index contributed by atoms with van der Waals surface area (Å²) in [4.78, 5) is 28.4. The molecule has 2 aromatic rings. The fourth-order valence-electron chi connectivity index (χ4n) is 4.53. The van der Waals surface area contributed by atoms with Gasteiger partial charge in [0.05, 0.1) is 26.2 Å². The number of carbonyl (C=O) groups excluding carboxylic acids is 2. The van der Waals surface area contributed by atoms with E-state index in [0.29, 0.717) is 5.75 Å². The Morgan fingerprint density at radius 3 is 2.35 bits per heavy atom. The van der Waals surface area contributed by atoms with Crippen molar-refractivity contribution in [1.29, 1.82) is 0 Å². The van der Waals surface area contributed by atoms with E-state index in [9.17, 15) is 18.0 Å². The number of sulfonamides is 1. The molecule has 1 aliphatic carbocycles. The number of anilines is 1. The molecule has 10 heteroatoms. The second-order valence-electron chi connectivity index (χ2n) is 9.42. The van der Waals surface area contributed by atoms with E-state index in [-0.39, 0.29) is 29.9 Å². The summed E-state index contributed by atoms with van der Waals surface area (Å²) in [5, 5.41) is 3.06. The summed E-state index contributed by atoms with van der Waals surface area (Å²) < 4.78 is 37.4. The van der Waals surface area contributed by atoms with E-state index in [0.717, 1.165) is 47.4 Å². The lowest BCUT2D eigenvalue weighted by atomic mass is 10.1. The molecule has 9 nitrogen and oxygen atoms in total. The summed E-state index contributed by atoms with van der Waals surface area (Å²) in [7, 11) is -1.01. The van der Waals surface area contributed by atoms with Gasteiger partial charge in [0.1, 0.15) is 24.1 Å². The van der Waals surface area contributed by atoms with E-state index in [4.69, 9.17) is 9.47 Å². The smallest absolute Gasteiger partial charge is 0.244 e. The van der Waals surface area contributed by atoms with Crippen molar-refractivity contribution < 1.29 is 27.5 Å². The first-order valence-corrected chi connectivity index (χ1v) is 14.2. The van der Waals surface area contributed by atoms with Crippen LogP contribution in [0.15, 0.2) is 42.5 Å². The molecule has 0 saturated heterocycles. The van der Waals surface area contributed by atoms with Gasteiger partial charge in [-0.05, 0) is 49.9 Å². The van der Waals surface area contributed by atoms with Crippen molar-refractivity contribution in [1.82, 2.24) is 10.2 Å². The van der Waals surface area contributed by atoms with Crippen LogP contribution >= 0.6 is 0 Å². The predicted octanol–water partition coefficient (Wildman–Crippen LogP) is 3.25. The molecule has 37 heavy (non-hydrogen) atoms. The van der Waals surface area contributed by atoms with Crippen molar-refractivity contribution in [3.8, 4) is 11.5 Å². The van der Waals surface area contributed by atoms with Gasteiger partial charge in [-0.3, -0.25) is 13.9 Å². The zero-order chi connectivity index (χ0) is 27.2. The average molecular weight is 532 g/mol. The van der Waals surface area contributed by atoms with Gasteiger partial charge in [-0.2, -0.15) is 0 Å². The summed E-state index contributed by atoms with van der Waals surface area (Å²) in [5.41, 5.74) is 2.02. The number of hydrogen-bond acceptors (Lipinski definition) is 6. The van der Waals surface area contributed by atoms with Crippen LogP contribution in [-0.4, -0.2) is 64.2 Å². The van der Waals surface area contributed by atoms with Crippen LogP contribution in [0, 0.1) is 6.92 Å². The van der Waals surface area contributed by atoms with Crippen LogP contribution in [0.3, 0.4) is 0 Å². The van der Waals surface area contributed by atoms with Crippen LogP contribution in [0.5, 0.6) is 11.5 Å². The highest BCUT2D eigenvalue weighted by molar-refractivity contribution is 7.92. The molecule has 0 aliphatic heterocycles. The summed E-state index contributed by atoms with van der Waals surface area (Å²) in [5.74, 6) is -0.0687. The van der Waals surface area contributed by atoms with Gasteiger partial charge < -0.3 is 19.7 Å². The number of carbonyl (C=O) groups is 2. The van der Waals surface area contributed by atoms with E-state index in [2.05, 4.69) is 5.32 Å². The molecule has 0 aromatic heterocycles. The van der Waals surface area contributed by atoms with Crippen LogP contribution in [0.25, 0.3) is 0 Å². The molecule has 1 aliphatic rings. The van der Waals surface area contributed by atoms with Crippen molar-refractivity contribution >= 4 is 27.5 Å². The van der Waals surface area contributed by atoms with Crippen molar-refractivity contribution in [2.45, 2.75) is 58.2 Å². The van der Waals surface area contributed by atoms with Gasteiger partial charge in [-0.15, -0.1) is 0 Å². The zero-order valence-corrected chi connectivity index (χ0v) is 23.0. The summed E-state index contributed by atoms with van der Waals surface area (Å²) in [6, 6.07) is 11.6. The van der Waals surface area contributed by atoms with Gasteiger partial charge in [-0.25, -0.2) is 8.42 Å². The molecule has 0 unspecified atom stereocenters. The largest absolute Gasteiger partial charge is 0.497 e. The highest BCUT2D eigenvalue weighted by atomic mass is 32.2. The predicted molar refractivity (Wildman–Crippen MR) is 143 cm³/mol. The molecule has 2 amide bonds. The van der Waals surface area contributed by atoms with Crippen LogP contribution in [0.2, 0.25) is 0 Å². The maximum absolute atomic E-state index is 13.8. The molecular weight excluding hydrogens is 494 g/mol. The van der Waals surface area contributed by atoms with Crippen molar-refractivity contribution in [3.05, 3.63) is 53.6 Å². The van der Waals surface area contributed by atoms with Crippen molar-refractivity contribution in [2.75, 3.05) is 31.3 Å². The lowest BCUT2D eigenvalue weighted by Gasteiger charge is -2.32. The Bertz CT molecular complexity index is 1210. The Balaban J connectivity index is 1.95. The molecule has 0 spiro atoms. The fraction of sp³-hybridized carbons (Fsp3) is 0.481. The molecule has 0 heterocycles. The fourth-order valence-corrected chi connectivity index (χ4v) is 5.38. The summed E-state index contributed by atoms with van der Waals surface area (Å²) in [6.45, 7) is 3.27. The lowest BCUT2D eigenvalue weighted by molar-refractivity contribution is -0.139. The topological polar surface area (TPSA) is 105 Å². The standard InChI is InChI=1S/C27H37N3O6S/c1-19-10-6-7-11-21(19)17-29(20(2)27(32)28-22-12-8-9-13-22)26(31)18-30(37(5,33)34)24-16-23(35-3)14-15-25(24)36-4/h6-7,10-11,14-16,20,22H,8-9,12-13,17-18H2,1-5H3,(H,28,32)/t20-/m1/s1. The molecule has 3 rings (SSSR count). The first kappa shape index (κ1) is 28.3. The maximum atomic E-state index is 13.8. The molecule has 1 saturated carbocycles. The van der Waals surface area contributed by atoms with Gasteiger partial charge >= 0.3 is 0 Å². The normalized spacial score (nSPS) is 14.6. The van der Waals surface area contributed by atoms with Crippen LogP contribution < -0.4 is 19.1 Å². The zero-order valence-electron chi connectivity index (χ0n) is 22.2. The van der Waals surface area contributed by atoms with Gasteiger partial charge in [0.25, 0.3) is 0 Å². The maximum Gasteiger partial charge on any atom is 0.244 e. The first-order valence-electron chi connectivity index (χ1n) is 12.4. The number of amides is 2. The molecule has 0 radical (unpaired) electrons. The lowest BCUT2D eigenvalue weighted by Crippen LogP contribution is -2.52. The minimum Gasteiger partial charge on any atom is -0.497 e. The average Bonchev–Trinajstić information content (AvgIpc) is 3.38. The number of nitrogens with zero attached hydrogens (tertiary/aromatic N) is 2. The second-order valence-corrected chi connectivity index (χ2v) is 11.3. The first-order chi connectivity index (χ1) is 17.5. The Morgan fingerprint density at radius 2 is 1.76 bits per heavy atom. The molecule has 2 aromatic carbocycles. The Morgan fingerprint density at radius 1 is 1.08 bits per heavy atom. The molecule has 1 atom stereocenters. The highest BCUT2D eigenvalue weighted by Crippen LogP contribution is 2.34. The molecule has 0 bridgehead atoms. The molecule has 202 valence electrons. The summed E-state index contributed by atoms with van der Waals surface area (Å²) in [6.07, 6.45) is 5.00. The SMILES string of the molecule is COc1ccc(OC)c(N(CC(=O)N(Cc2ccccc2C)[C@H](C)C(=O)NC2CCCC2)S(C)(=O)=O)c1. The minimum absolute atomic E-state index is 0.0962. The van der Waals surface area contributed by atoms with Crippen molar-refractivity contribution in [2.24, 2.45) is 0 Å². The number of ether oxygens (including phenoxy) is 2. The third-order valence-electron chi connectivity index (χ3n) is 6.80. The summed E-state index contributed by atoms with van der Waals surface area (Å²) >= 11 is 0. The number of aryl methyl sites for hydroxylation is 1. The molecule has 1 fully saturated rings. The number of nitrogens with one attached hydrogen (secondary N) is 1. The number of methoxy groups -OCH3 is 2. The van der Waals surface area contributed by atoms with E-state index < -0.39 is 28.5 Å². The Labute approximate surface area is 219 Å². The van der Waals surface area contributed by atoms with Gasteiger partial charge in [-0.1, -0.05) is 37.1 Å². The third-order valence-corrected chi connectivity index (χ3v) is 7.93. The van der Waals surface area contributed by atoms with E-state index in [1.807, 2.05) is 31.2 Å². The monoisotopic (exact) mass is 531 g/mol. The van der Waals surface area contributed by atoms with Gasteiger partial charge in [0.2, 0.25) is 21.8 Å². The Hall–Kier alpha value is -3.27. The number of benzene rings is 2. The number of hydrogen-bond donors (Lipinski definition) is 1. The van der Waals surface area contributed by atoms with Crippen LogP contribution in [-0.2, 0) is 26.2 Å². The van der Waals surface area contributed by atoms with Gasteiger partial charge in [0.15, 0.2) is 0 Å². The van der Waals surface area contributed by atoms with Crippen LogP contribution in [0.4, 0.5) is 5.69 Å². The molecular formula is C27H37N3O6S.